The fourth-order valence-electron chi connectivity index (χ4n) is 2.34. The van der Waals surface area contributed by atoms with Crippen molar-refractivity contribution in [1.82, 2.24) is 5.32 Å². The molecule has 0 amide bonds. The summed E-state index contributed by atoms with van der Waals surface area (Å²) in [6.45, 7) is 4.28. The molecule has 0 atom stereocenters. The van der Waals surface area contributed by atoms with Crippen molar-refractivity contribution in [3.05, 3.63) is 53.6 Å². The highest BCUT2D eigenvalue weighted by Crippen LogP contribution is 2.28. The van der Waals surface area contributed by atoms with Crippen LogP contribution in [0.15, 0.2) is 42.5 Å². The number of ether oxygens (including phenoxy) is 3. The van der Waals surface area contributed by atoms with Gasteiger partial charge >= 0.3 is 0 Å². The number of methoxy groups -OCH3 is 2. The Balaban J connectivity index is 1.95. The van der Waals surface area contributed by atoms with Gasteiger partial charge in [0.15, 0.2) is 11.5 Å². The number of benzene rings is 2. The molecular weight excluding hydrogens is 290 g/mol. The average Bonchev–Trinajstić information content (AvgIpc) is 2.60. The zero-order valence-corrected chi connectivity index (χ0v) is 14.1. The predicted octanol–water partition coefficient (Wildman–Crippen LogP) is 3.78. The van der Waals surface area contributed by atoms with Gasteiger partial charge in [-0.1, -0.05) is 31.2 Å². The molecule has 1 N–H and O–H groups in total. The van der Waals surface area contributed by atoms with Gasteiger partial charge in [-0.25, -0.2) is 0 Å². The van der Waals surface area contributed by atoms with Crippen molar-refractivity contribution >= 4 is 0 Å². The van der Waals surface area contributed by atoms with Crippen molar-refractivity contribution in [2.24, 2.45) is 0 Å². The third-order valence-electron chi connectivity index (χ3n) is 3.53. The van der Waals surface area contributed by atoms with Crippen molar-refractivity contribution in [2.75, 3.05) is 20.8 Å². The summed E-state index contributed by atoms with van der Waals surface area (Å²) in [5.41, 5.74) is 2.30. The van der Waals surface area contributed by atoms with Crippen LogP contribution in [0.25, 0.3) is 0 Å². The molecule has 0 heterocycles. The summed E-state index contributed by atoms with van der Waals surface area (Å²) in [5.74, 6) is 2.47. The van der Waals surface area contributed by atoms with E-state index in [-0.39, 0.29) is 0 Å². The van der Waals surface area contributed by atoms with Gasteiger partial charge in [0.1, 0.15) is 5.75 Å². The van der Waals surface area contributed by atoms with Crippen LogP contribution in [0.4, 0.5) is 0 Å². The predicted molar refractivity (Wildman–Crippen MR) is 92.3 cm³/mol. The molecule has 4 nitrogen and oxygen atoms in total. The summed E-state index contributed by atoms with van der Waals surface area (Å²) in [4.78, 5) is 0. The number of rotatable bonds is 9. The highest BCUT2D eigenvalue weighted by Gasteiger charge is 2.06. The van der Waals surface area contributed by atoms with E-state index in [4.69, 9.17) is 14.2 Å². The molecule has 2 rings (SSSR count). The van der Waals surface area contributed by atoms with Crippen LogP contribution in [0.3, 0.4) is 0 Å². The molecule has 0 saturated carbocycles. The molecular formula is C19H25NO3. The quantitative estimate of drug-likeness (QED) is 0.764. The minimum Gasteiger partial charge on any atom is -0.496 e. The number of hydrogen-bond acceptors (Lipinski definition) is 4. The third kappa shape index (κ3) is 4.89. The Morgan fingerprint density at radius 1 is 0.870 bits per heavy atom. The molecule has 0 bridgehead atoms. The first-order valence-corrected chi connectivity index (χ1v) is 7.90. The first-order chi connectivity index (χ1) is 11.3. The SMILES string of the molecule is CCCOc1ccc(CNCc2ccccc2OC)cc1OC. The van der Waals surface area contributed by atoms with Gasteiger partial charge < -0.3 is 19.5 Å². The summed E-state index contributed by atoms with van der Waals surface area (Å²) >= 11 is 0. The second-order valence-corrected chi connectivity index (χ2v) is 5.25. The molecule has 0 aromatic heterocycles. The van der Waals surface area contributed by atoms with E-state index in [1.54, 1.807) is 14.2 Å². The van der Waals surface area contributed by atoms with E-state index in [1.807, 2.05) is 30.3 Å². The number of nitrogens with one attached hydrogen (secondary N) is 1. The van der Waals surface area contributed by atoms with Gasteiger partial charge in [0.25, 0.3) is 0 Å². The van der Waals surface area contributed by atoms with Crippen molar-refractivity contribution in [3.8, 4) is 17.2 Å². The van der Waals surface area contributed by atoms with E-state index >= 15 is 0 Å². The molecule has 124 valence electrons. The van der Waals surface area contributed by atoms with Crippen LogP contribution in [0.1, 0.15) is 24.5 Å². The first kappa shape index (κ1) is 17.2. The fourth-order valence-corrected chi connectivity index (χ4v) is 2.34. The molecule has 0 radical (unpaired) electrons. The average molecular weight is 315 g/mol. The van der Waals surface area contributed by atoms with Gasteiger partial charge in [-0.15, -0.1) is 0 Å². The molecule has 2 aromatic carbocycles. The Bertz CT molecular complexity index is 613. The molecule has 23 heavy (non-hydrogen) atoms. The fraction of sp³-hybridized carbons (Fsp3) is 0.368. The smallest absolute Gasteiger partial charge is 0.161 e. The van der Waals surface area contributed by atoms with Crippen molar-refractivity contribution < 1.29 is 14.2 Å². The minimum absolute atomic E-state index is 0.696. The molecule has 0 aliphatic carbocycles. The van der Waals surface area contributed by atoms with E-state index < -0.39 is 0 Å². The monoisotopic (exact) mass is 315 g/mol. The standard InChI is InChI=1S/C19H25NO3/c1-4-11-23-18-10-9-15(12-19(18)22-3)13-20-14-16-7-5-6-8-17(16)21-2/h5-10,12,20H,4,11,13-14H2,1-3H3. The van der Waals surface area contributed by atoms with Crippen LogP contribution in [0.5, 0.6) is 17.2 Å². The normalized spacial score (nSPS) is 10.4. The van der Waals surface area contributed by atoms with E-state index in [2.05, 4.69) is 24.4 Å². The lowest BCUT2D eigenvalue weighted by atomic mass is 10.1. The van der Waals surface area contributed by atoms with E-state index in [0.29, 0.717) is 6.61 Å². The minimum atomic E-state index is 0.696. The second kappa shape index (κ2) is 9.06. The first-order valence-electron chi connectivity index (χ1n) is 7.90. The lowest BCUT2D eigenvalue weighted by molar-refractivity contribution is 0.294. The highest BCUT2D eigenvalue weighted by molar-refractivity contribution is 5.43. The zero-order chi connectivity index (χ0) is 16.5. The molecule has 0 fully saturated rings. The number of hydrogen-bond donors (Lipinski definition) is 1. The van der Waals surface area contributed by atoms with Gasteiger partial charge in [0.2, 0.25) is 0 Å². The van der Waals surface area contributed by atoms with Gasteiger partial charge in [0.05, 0.1) is 20.8 Å². The van der Waals surface area contributed by atoms with E-state index in [0.717, 1.165) is 47.9 Å². The van der Waals surface area contributed by atoms with Crippen molar-refractivity contribution in [3.63, 3.8) is 0 Å². The van der Waals surface area contributed by atoms with Crippen LogP contribution in [0, 0.1) is 0 Å². The van der Waals surface area contributed by atoms with E-state index in [9.17, 15) is 0 Å². The maximum Gasteiger partial charge on any atom is 0.161 e. The van der Waals surface area contributed by atoms with E-state index in [1.165, 1.54) is 0 Å². The summed E-state index contributed by atoms with van der Waals surface area (Å²) in [7, 11) is 3.36. The Labute approximate surface area is 138 Å². The summed E-state index contributed by atoms with van der Waals surface area (Å²) in [5, 5.41) is 3.43. The largest absolute Gasteiger partial charge is 0.496 e. The molecule has 0 aliphatic rings. The van der Waals surface area contributed by atoms with Crippen LogP contribution in [-0.2, 0) is 13.1 Å². The lowest BCUT2D eigenvalue weighted by Crippen LogP contribution is -2.13. The molecule has 0 unspecified atom stereocenters. The Kier molecular flexibility index (Phi) is 6.76. The Morgan fingerprint density at radius 3 is 2.39 bits per heavy atom. The van der Waals surface area contributed by atoms with Gasteiger partial charge in [0, 0.05) is 18.7 Å². The molecule has 0 aliphatic heterocycles. The second-order valence-electron chi connectivity index (χ2n) is 5.25. The molecule has 2 aromatic rings. The van der Waals surface area contributed by atoms with Gasteiger partial charge in [-0.2, -0.15) is 0 Å². The third-order valence-corrected chi connectivity index (χ3v) is 3.53. The summed E-state index contributed by atoms with van der Waals surface area (Å²) in [6.07, 6.45) is 0.978. The topological polar surface area (TPSA) is 39.7 Å². The lowest BCUT2D eigenvalue weighted by Gasteiger charge is -2.13. The molecule has 4 heteroatoms. The van der Waals surface area contributed by atoms with Crippen LogP contribution in [-0.4, -0.2) is 20.8 Å². The van der Waals surface area contributed by atoms with Crippen molar-refractivity contribution in [1.29, 1.82) is 0 Å². The maximum atomic E-state index is 5.67. The highest BCUT2D eigenvalue weighted by atomic mass is 16.5. The van der Waals surface area contributed by atoms with Gasteiger partial charge in [-0.05, 0) is 30.2 Å². The Hall–Kier alpha value is -2.20. The molecule has 0 saturated heterocycles. The number of para-hydroxylation sites is 1. The molecule has 0 spiro atoms. The van der Waals surface area contributed by atoms with Crippen LogP contribution >= 0.6 is 0 Å². The zero-order valence-electron chi connectivity index (χ0n) is 14.1. The summed E-state index contributed by atoms with van der Waals surface area (Å²) in [6, 6.07) is 14.1. The van der Waals surface area contributed by atoms with Crippen molar-refractivity contribution in [2.45, 2.75) is 26.4 Å². The van der Waals surface area contributed by atoms with Crippen LogP contribution < -0.4 is 19.5 Å². The Morgan fingerprint density at radius 2 is 1.65 bits per heavy atom. The maximum absolute atomic E-state index is 5.67. The van der Waals surface area contributed by atoms with Crippen LogP contribution in [0.2, 0.25) is 0 Å². The summed E-state index contributed by atoms with van der Waals surface area (Å²) < 4.78 is 16.4. The van der Waals surface area contributed by atoms with Gasteiger partial charge in [-0.3, -0.25) is 0 Å².